The van der Waals surface area contributed by atoms with Gasteiger partial charge in [0.2, 0.25) is 10.9 Å². The zero-order valence-electron chi connectivity index (χ0n) is 14.5. The van der Waals surface area contributed by atoms with E-state index in [1.54, 1.807) is 0 Å². The van der Waals surface area contributed by atoms with Crippen molar-refractivity contribution in [2.75, 3.05) is 0 Å². The molecule has 0 heterocycles. The third-order valence-corrected chi connectivity index (χ3v) is 4.72. The number of aromatic hydroxyl groups is 1. The first-order valence-corrected chi connectivity index (χ1v) is 8.43. The maximum Gasteiger partial charge on any atom is 0.233 e. The first-order valence-electron chi connectivity index (χ1n) is 8.43. The summed E-state index contributed by atoms with van der Waals surface area (Å²) in [6, 6.07) is 11.5. The SMILES string of the molecule is N=C1C=CC(N)=c2c1c(O)c1cccc(c1)c(=O)c(=O)c1ccc(cc1)c2=O. The predicted octanol–water partition coefficient (Wildman–Crippen LogP) is 1.06. The second-order valence-electron chi connectivity index (χ2n) is 6.45. The first kappa shape index (κ1) is 17.4. The second-order valence-corrected chi connectivity index (χ2v) is 6.45. The van der Waals surface area contributed by atoms with Crippen molar-refractivity contribution in [1.82, 2.24) is 0 Å². The highest BCUT2D eigenvalue weighted by Crippen LogP contribution is 2.22. The standard InChI is InChI=1S/C22H14N2O4/c23-15-8-9-16(24)18-17(15)19(25)11-4-6-12(7-5-11)21(27)22(28)14-3-1-2-13(10-14)20(18)26/h1-10,24,26H,23H2. The quantitative estimate of drug-likeness (QED) is 0.511. The number of nitrogens with two attached hydrogens (primary N) is 1. The van der Waals surface area contributed by atoms with Gasteiger partial charge in [-0.3, -0.25) is 14.4 Å². The first-order chi connectivity index (χ1) is 13.4. The normalized spacial score (nSPS) is 12.9. The Morgan fingerprint density at radius 1 is 0.750 bits per heavy atom. The monoisotopic (exact) mass is 370 g/mol. The lowest BCUT2D eigenvalue weighted by molar-refractivity contribution is 0.480. The molecule has 28 heavy (non-hydrogen) atoms. The Bertz CT molecular complexity index is 1490. The van der Waals surface area contributed by atoms with E-state index in [9.17, 15) is 19.5 Å². The van der Waals surface area contributed by atoms with Gasteiger partial charge in [-0.05, 0) is 18.2 Å². The smallest absolute Gasteiger partial charge is 0.233 e. The van der Waals surface area contributed by atoms with Crippen LogP contribution in [-0.2, 0) is 0 Å². The Morgan fingerprint density at radius 3 is 2.00 bits per heavy atom. The lowest BCUT2D eigenvalue weighted by atomic mass is 9.99. The zero-order valence-corrected chi connectivity index (χ0v) is 14.5. The maximum atomic E-state index is 13.1. The number of hydrogen-bond acceptors (Lipinski definition) is 6. The fourth-order valence-electron chi connectivity index (χ4n) is 3.24. The van der Waals surface area contributed by atoms with Gasteiger partial charge in [-0.1, -0.05) is 42.5 Å². The van der Waals surface area contributed by atoms with Crippen LogP contribution in [-0.4, -0.2) is 10.8 Å². The molecule has 0 aromatic heterocycles. The molecule has 0 radical (unpaired) electrons. The van der Waals surface area contributed by atoms with Crippen molar-refractivity contribution < 1.29 is 5.11 Å². The fourth-order valence-corrected chi connectivity index (χ4v) is 3.24. The van der Waals surface area contributed by atoms with Crippen molar-refractivity contribution in [1.29, 1.82) is 5.41 Å². The predicted molar refractivity (Wildman–Crippen MR) is 110 cm³/mol. The van der Waals surface area contributed by atoms with Crippen molar-refractivity contribution in [2.24, 2.45) is 5.73 Å². The highest BCUT2D eigenvalue weighted by molar-refractivity contribution is 6.12. The van der Waals surface area contributed by atoms with Crippen LogP contribution in [0.4, 0.5) is 0 Å². The molecule has 4 bridgehead atoms. The molecule has 0 aliphatic heterocycles. The molecule has 0 spiro atoms. The minimum atomic E-state index is -0.730. The fraction of sp³-hybridized carbons (Fsp3) is 0. The van der Waals surface area contributed by atoms with E-state index in [1.807, 2.05) is 0 Å². The summed E-state index contributed by atoms with van der Waals surface area (Å²) in [6.07, 6.45) is 2.82. The van der Waals surface area contributed by atoms with Gasteiger partial charge < -0.3 is 16.2 Å². The number of hydrogen-bond donors (Lipinski definition) is 3. The molecule has 1 aliphatic carbocycles. The van der Waals surface area contributed by atoms with Crippen molar-refractivity contribution in [3.63, 3.8) is 0 Å². The van der Waals surface area contributed by atoms with Gasteiger partial charge in [0.15, 0.2) is 5.43 Å². The summed E-state index contributed by atoms with van der Waals surface area (Å²) >= 11 is 0. The summed E-state index contributed by atoms with van der Waals surface area (Å²) in [6.45, 7) is 0. The minimum absolute atomic E-state index is 0.0000491. The third-order valence-electron chi connectivity index (χ3n) is 4.72. The molecule has 0 saturated heterocycles. The average molecular weight is 370 g/mol. The van der Waals surface area contributed by atoms with Crippen LogP contribution in [0.2, 0.25) is 0 Å². The number of rotatable bonds is 0. The summed E-state index contributed by atoms with van der Waals surface area (Å²) in [5.74, 6) is -0.363. The van der Waals surface area contributed by atoms with E-state index in [0.717, 1.165) is 0 Å². The van der Waals surface area contributed by atoms with E-state index < -0.39 is 16.3 Å². The summed E-state index contributed by atoms with van der Waals surface area (Å²) in [5, 5.41) is 19.8. The number of fused-ring (bicyclic) bond motifs is 3. The van der Waals surface area contributed by atoms with Crippen LogP contribution in [0.1, 0.15) is 5.56 Å². The van der Waals surface area contributed by atoms with Gasteiger partial charge in [-0.2, -0.15) is 0 Å². The van der Waals surface area contributed by atoms with Gasteiger partial charge in [0, 0.05) is 27.2 Å². The summed E-state index contributed by atoms with van der Waals surface area (Å²) < 4.78 is 0. The van der Waals surface area contributed by atoms with Crippen LogP contribution in [0.15, 0.2) is 75.1 Å². The van der Waals surface area contributed by atoms with Crippen LogP contribution in [0.3, 0.4) is 0 Å². The van der Waals surface area contributed by atoms with Crippen molar-refractivity contribution in [3.8, 4) is 5.75 Å². The van der Waals surface area contributed by atoms with Crippen LogP contribution in [0, 0.1) is 5.41 Å². The van der Waals surface area contributed by atoms with Crippen LogP contribution in [0.5, 0.6) is 5.75 Å². The third kappa shape index (κ3) is 2.59. The van der Waals surface area contributed by atoms with Crippen LogP contribution < -0.4 is 27.2 Å². The van der Waals surface area contributed by atoms with E-state index in [0.29, 0.717) is 0 Å². The highest BCUT2D eigenvalue weighted by Gasteiger charge is 2.15. The molecule has 4 N–H and O–H groups in total. The summed E-state index contributed by atoms with van der Waals surface area (Å²) in [5.41, 5.74) is 4.09. The number of benzene rings is 2. The van der Waals surface area contributed by atoms with E-state index >= 15 is 0 Å². The van der Waals surface area contributed by atoms with E-state index in [4.69, 9.17) is 11.1 Å². The molecule has 4 aromatic rings. The van der Waals surface area contributed by atoms with Crippen molar-refractivity contribution in [2.45, 2.75) is 0 Å². The molecule has 0 atom stereocenters. The highest BCUT2D eigenvalue weighted by atomic mass is 16.3. The Morgan fingerprint density at radius 2 is 1.32 bits per heavy atom. The maximum absolute atomic E-state index is 13.1. The Labute approximate surface area is 157 Å². The van der Waals surface area contributed by atoms with Gasteiger partial charge >= 0.3 is 0 Å². The van der Waals surface area contributed by atoms with Crippen LogP contribution >= 0.6 is 0 Å². The molecular weight excluding hydrogens is 356 g/mol. The van der Waals surface area contributed by atoms with E-state index in [1.165, 1.54) is 60.7 Å². The van der Waals surface area contributed by atoms with Gasteiger partial charge in [0.25, 0.3) is 0 Å². The number of nitrogens with one attached hydrogen (secondary N) is 1. The lowest BCUT2D eigenvalue weighted by Gasteiger charge is -2.09. The summed E-state index contributed by atoms with van der Waals surface area (Å²) in [4.78, 5) is 38.2. The molecule has 6 heteroatoms. The second kappa shape index (κ2) is 6.28. The lowest BCUT2D eigenvalue weighted by Crippen LogP contribution is -2.35. The van der Waals surface area contributed by atoms with Crippen molar-refractivity contribution in [3.05, 3.63) is 102 Å². The topological polar surface area (TPSA) is 121 Å². The van der Waals surface area contributed by atoms with Gasteiger partial charge in [-0.25, -0.2) is 0 Å². The summed E-state index contributed by atoms with van der Waals surface area (Å²) in [7, 11) is 0. The molecule has 0 amide bonds. The molecular formula is C22H14N2O4. The largest absolute Gasteiger partial charge is 0.507 e. The van der Waals surface area contributed by atoms with Gasteiger partial charge in [-0.15, -0.1) is 0 Å². The molecule has 6 nitrogen and oxygen atoms in total. The molecule has 5 rings (SSSR count). The molecule has 0 unspecified atom stereocenters. The minimum Gasteiger partial charge on any atom is -0.507 e. The molecule has 1 aliphatic rings. The molecule has 136 valence electrons. The average Bonchev–Trinajstić information content (AvgIpc) is 2.73. The number of allylic oxidation sites excluding steroid dienone is 1. The molecule has 4 aromatic carbocycles. The molecule has 0 saturated carbocycles. The van der Waals surface area contributed by atoms with Gasteiger partial charge in [0.05, 0.1) is 16.5 Å². The zero-order chi connectivity index (χ0) is 20.0. The Hall–Kier alpha value is -4.06. The Balaban J connectivity index is 2.48. The Kier molecular flexibility index (Phi) is 3.89. The van der Waals surface area contributed by atoms with Gasteiger partial charge in [0.1, 0.15) is 5.75 Å². The molecule has 0 fully saturated rings. The van der Waals surface area contributed by atoms with Crippen LogP contribution in [0.25, 0.3) is 27.2 Å². The van der Waals surface area contributed by atoms with E-state index in [2.05, 4.69) is 0 Å². The van der Waals surface area contributed by atoms with Crippen molar-refractivity contribution >= 4 is 33.0 Å². The van der Waals surface area contributed by atoms with E-state index in [-0.39, 0.29) is 49.5 Å².